The Kier molecular flexibility index (Phi) is 4.81. The van der Waals surface area contributed by atoms with E-state index in [1.54, 1.807) is 18.4 Å². The number of aryl methyl sites for hydroxylation is 1. The van der Waals surface area contributed by atoms with Gasteiger partial charge in [-0.05, 0) is 25.0 Å². The van der Waals surface area contributed by atoms with Gasteiger partial charge in [0.25, 0.3) is 0 Å². The number of amides is 2. The number of nitrogens with zero attached hydrogens (tertiary/aromatic N) is 1. The average Bonchev–Trinajstić information content (AvgIpc) is 3.18. The smallest absolute Gasteiger partial charge is 0.315 e. The van der Waals surface area contributed by atoms with E-state index in [-0.39, 0.29) is 12.1 Å². The fourth-order valence-corrected chi connectivity index (χ4v) is 3.36. The molecule has 1 aromatic heterocycles. The van der Waals surface area contributed by atoms with Gasteiger partial charge >= 0.3 is 6.03 Å². The predicted octanol–water partition coefficient (Wildman–Crippen LogP) is 2.86. The van der Waals surface area contributed by atoms with Gasteiger partial charge in [0.2, 0.25) is 0 Å². The number of methoxy groups -OCH3 is 1. The summed E-state index contributed by atoms with van der Waals surface area (Å²) in [4.78, 5) is 16.3. The molecule has 0 unspecified atom stereocenters. The number of rotatable bonds is 6. The van der Waals surface area contributed by atoms with E-state index in [0.29, 0.717) is 12.5 Å². The summed E-state index contributed by atoms with van der Waals surface area (Å²) in [5.41, 5.74) is 2.20. The van der Waals surface area contributed by atoms with Gasteiger partial charge in [-0.25, -0.2) is 9.78 Å². The summed E-state index contributed by atoms with van der Waals surface area (Å²) in [6.45, 7) is 2.58. The molecule has 2 N–H and O–H groups in total. The van der Waals surface area contributed by atoms with E-state index >= 15 is 0 Å². The van der Waals surface area contributed by atoms with Crippen molar-refractivity contribution in [3.05, 3.63) is 45.9 Å². The number of urea groups is 1. The molecule has 1 saturated carbocycles. The molecule has 3 rings (SSSR count). The quantitative estimate of drug-likeness (QED) is 0.855. The number of thiazole rings is 1. The molecule has 5 nitrogen and oxygen atoms in total. The molecular formula is C17H21N3O2S. The third kappa shape index (κ3) is 4.01. The monoisotopic (exact) mass is 331 g/mol. The van der Waals surface area contributed by atoms with Crippen molar-refractivity contribution < 1.29 is 9.53 Å². The van der Waals surface area contributed by atoms with Gasteiger partial charge in [-0.1, -0.05) is 18.2 Å². The van der Waals surface area contributed by atoms with Gasteiger partial charge in [-0.2, -0.15) is 0 Å². The van der Waals surface area contributed by atoms with E-state index in [1.807, 2.05) is 30.5 Å². The van der Waals surface area contributed by atoms with Crippen LogP contribution in [0.25, 0.3) is 0 Å². The molecule has 1 aliphatic carbocycles. The first-order chi connectivity index (χ1) is 11.2. The highest BCUT2D eigenvalue weighted by atomic mass is 32.1. The molecular weight excluding hydrogens is 310 g/mol. The molecule has 0 bridgehead atoms. The van der Waals surface area contributed by atoms with Gasteiger partial charge in [0.15, 0.2) is 0 Å². The third-order valence-corrected chi connectivity index (χ3v) is 4.80. The first-order valence-corrected chi connectivity index (χ1v) is 8.63. The number of carbonyl (C=O) groups is 1. The number of hydrogen-bond donors (Lipinski definition) is 2. The van der Waals surface area contributed by atoms with Crippen LogP contribution in [-0.4, -0.2) is 30.7 Å². The molecule has 6 heteroatoms. The summed E-state index contributed by atoms with van der Waals surface area (Å²) in [5.74, 6) is 1.24. The van der Waals surface area contributed by atoms with Crippen LogP contribution in [0.15, 0.2) is 29.6 Å². The summed E-state index contributed by atoms with van der Waals surface area (Å²) < 4.78 is 5.38. The molecule has 2 atom stereocenters. The lowest BCUT2D eigenvalue weighted by Gasteiger charge is -2.09. The zero-order valence-corrected chi connectivity index (χ0v) is 14.2. The van der Waals surface area contributed by atoms with Crippen LogP contribution in [0.2, 0.25) is 0 Å². The number of para-hydroxylation sites is 1. The molecule has 2 amide bonds. The minimum absolute atomic E-state index is 0.112. The molecule has 2 aromatic rings. The Labute approximate surface area is 140 Å². The van der Waals surface area contributed by atoms with Gasteiger partial charge in [0.1, 0.15) is 5.75 Å². The van der Waals surface area contributed by atoms with Crippen LogP contribution < -0.4 is 15.4 Å². The lowest BCUT2D eigenvalue weighted by Crippen LogP contribution is -2.38. The van der Waals surface area contributed by atoms with Crippen LogP contribution >= 0.6 is 11.3 Å². The molecule has 122 valence electrons. The number of aromatic nitrogens is 1. The van der Waals surface area contributed by atoms with Gasteiger partial charge in [0, 0.05) is 30.3 Å². The zero-order valence-electron chi connectivity index (χ0n) is 13.3. The number of ether oxygens (including phenoxy) is 1. The maximum atomic E-state index is 11.9. The van der Waals surface area contributed by atoms with E-state index in [2.05, 4.69) is 21.7 Å². The van der Waals surface area contributed by atoms with E-state index in [4.69, 9.17) is 4.74 Å². The molecule has 0 spiro atoms. The molecule has 0 aliphatic heterocycles. The Bertz CT molecular complexity index is 686. The Balaban J connectivity index is 1.43. The summed E-state index contributed by atoms with van der Waals surface area (Å²) >= 11 is 1.63. The summed E-state index contributed by atoms with van der Waals surface area (Å²) in [6, 6.07) is 8.06. The van der Waals surface area contributed by atoms with Crippen LogP contribution in [0.4, 0.5) is 4.79 Å². The van der Waals surface area contributed by atoms with Crippen molar-refractivity contribution >= 4 is 17.4 Å². The fraction of sp³-hybridized carbons (Fsp3) is 0.412. The first-order valence-electron chi connectivity index (χ1n) is 7.75. The Hall–Kier alpha value is -2.08. The fourth-order valence-electron chi connectivity index (χ4n) is 2.72. The highest BCUT2D eigenvalue weighted by molar-refractivity contribution is 7.09. The molecule has 0 saturated heterocycles. The maximum absolute atomic E-state index is 11.9. The predicted molar refractivity (Wildman–Crippen MR) is 91.2 cm³/mol. The van der Waals surface area contributed by atoms with Crippen molar-refractivity contribution in [2.75, 3.05) is 13.7 Å². The molecule has 23 heavy (non-hydrogen) atoms. The molecule has 1 aliphatic rings. The summed E-state index contributed by atoms with van der Waals surface area (Å²) in [7, 11) is 1.68. The van der Waals surface area contributed by atoms with Crippen LogP contribution in [0.5, 0.6) is 5.75 Å². The van der Waals surface area contributed by atoms with Crippen molar-refractivity contribution in [1.82, 2.24) is 15.6 Å². The first kappa shape index (κ1) is 15.8. The molecule has 1 aromatic carbocycles. The van der Waals surface area contributed by atoms with Crippen molar-refractivity contribution in [1.29, 1.82) is 0 Å². The van der Waals surface area contributed by atoms with E-state index in [1.165, 1.54) is 5.56 Å². The van der Waals surface area contributed by atoms with Crippen molar-refractivity contribution in [3.63, 3.8) is 0 Å². The van der Waals surface area contributed by atoms with Gasteiger partial charge in [-0.15, -0.1) is 11.3 Å². The van der Waals surface area contributed by atoms with E-state index < -0.39 is 0 Å². The maximum Gasteiger partial charge on any atom is 0.315 e. The normalized spacial score (nSPS) is 19.2. The average molecular weight is 331 g/mol. The van der Waals surface area contributed by atoms with Crippen LogP contribution in [-0.2, 0) is 6.42 Å². The summed E-state index contributed by atoms with van der Waals surface area (Å²) in [6.07, 6.45) is 1.72. The molecule has 1 fully saturated rings. The second-order valence-corrected chi connectivity index (χ2v) is 6.76. The topological polar surface area (TPSA) is 63.2 Å². The largest absolute Gasteiger partial charge is 0.496 e. The van der Waals surface area contributed by atoms with E-state index in [9.17, 15) is 4.79 Å². The Morgan fingerprint density at radius 1 is 1.43 bits per heavy atom. The van der Waals surface area contributed by atoms with Gasteiger partial charge in [-0.3, -0.25) is 0 Å². The number of hydrogen-bond acceptors (Lipinski definition) is 4. The van der Waals surface area contributed by atoms with E-state index in [0.717, 1.165) is 29.3 Å². The Morgan fingerprint density at radius 3 is 3.00 bits per heavy atom. The summed E-state index contributed by atoms with van der Waals surface area (Å²) in [5, 5.41) is 9.01. The highest BCUT2D eigenvalue weighted by Gasteiger charge is 2.41. The minimum Gasteiger partial charge on any atom is -0.496 e. The number of carbonyl (C=O) groups excluding carboxylic acids is 1. The zero-order chi connectivity index (χ0) is 16.2. The molecule has 1 heterocycles. The molecule has 0 radical (unpaired) electrons. The van der Waals surface area contributed by atoms with Crippen LogP contribution in [0, 0.1) is 6.92 Å². The number of nitrogens with one attached hydrogen (secondary N) is 2. The van der Waals surface area contributed by atoms with Crippen LogP contribution in [0.3, 0.4) is 0 Å². The SMILES string of the molecule is COc1ccccc1[C@@H]1C[C@@H]1NC(=O)NCCc1csc(C)n1. The van der Waals surface area contributed by atoms with Crippen molar-refractivity contribution in [2.24, 2.45) is 0 Å². The van der Waals surface area contributed by atoms with Gasteiger partial charge in [0.05, 0.1) is 17.8 Å². The van der Waals surface area contributed by atoms with Crippen LogP contribution in [0.1, 0.15) is 28.6 Å². The third-order valence-electron chi connectivity index (χ3n) is 3.98. The van der Waals surface area contributed by atoms with Crippen molar-refractivity contribution in [2.45, 2.75) is 31.7 Å². The standard InChI is InChI=1S/C17H21N3O2S/c1-11-19-12(10-23-11)7-8-18-17(21)20-15-9-14(15)13-5-3-4-6-16(13)22-2/h3-6,10,14-15H,7-9H2,1-2H3,(H2,18,20,21)/t14-,15-/m0/s1. The second kappa shape index (κ2) is 7.00. The van der Waals surface area contributed by atoms with Gasteiger partial charge < -0.3 is 15.4 Å². The Morgan fingerprint density at radius 2 is 2.26 bits per heavy atom. The lowest BCUT2D eigenvalue weighted by molar-refractivity contribution is 0.240. The minimum atomic E-state index is -0.112. The highest BCUT2D eigenvalue weighted by Crippen LogP contribution is 2.44. The number of benzene rings is 1. The van der Waals surface area contributed by atoms with Crippen molar-refractivity contribution in [3.8, 4) is 5.75 Å². The lowest BCUT2D eigenvalue weighted by atomic mass is 10.1. The second-order valence-electron chi connectivity index (χ2n) is 5.70.